The smallest absolute Gasteiger partial charge is 0.119 e. The molecule has 0 amide bonds. The van der Waals surface area contributed by atoms with E-state index in [1.807, 2.05) is 28.9 Å². The number of benzene rings is 1. The lowest BCUT2D eigenvalue weighted by Gasteiger charge is -2.21. The van der Waals surface area contributed by atoms with Gasteiger partial charge >= 0.3 is 0 Å². The van der Waals surface area contributed by atoms with Gasteiger partial charge in [0.1, 0.15) is 11.4 Å². The highest BCUT2D eigenvalue weighted by molar-refractivity contribution is 5.39. The molecule has 0 aliphatic rings. The normalized spacial score (nSPS) is 11.6. The highest BCUT2D eigenvalue weighted by Crippen LogP contribution is 2.27. The number of rotatable bonds is 3. The van der Waals surface area contributed by atoms with Crippen molar-refractivity contribution in [1.29, 1.82) is 0 Å². The average Bonchev–Trinajstić information content (AvgIpc) is 2.82. The summed E-state index contributed by atoms with van der Waals surface area (Å²) in [6, 6.07) is 7.74. The number of nitrogens with zero attached hydrogens (tertiary/aromatic N) is 3. The molecule has 0 bridgehead atoms. The van der Waals surface area contributed by atoms with Crippen LogP contribution in [0.25, 0.3) is 5.69 Å². The summed E-state index contributed by atoms with van der Waals surface area (Å²) < 4.78 is 7.01. The molecule has 0 aliphatic heterocycles. The van der Waals surface area contributed by atoms with E-state index in [0.29, 0.717) is 6.54 Å². The van der Waals surface area contributed by atoms with Gasteiger partial charge in [0.05, 0.1) is 18.5 Å². The van der Waals surface area contributed by atoms with Crippen molar-refractivity contribution >= 4 is 0 Å². The molecule has 2 N–H and O–H groups in total. The Bertz CT molecular complexity index is 552. The van der Waals surface area contributed by atoms with Gasteiger partial charge in [-0.05, 0) is 24.3 Å². The Kier molecular flexibility index (Phi) is 3.57. The summed E-state index contributed by atoms with van der Waals surface area (Å²) in [7, 11) is 1.65. The van der Waals surface area contributed by atoms with Crippen LogP contribution in [0.1, 0.15) is 32.2 Å². The predicted octanol–water partition coefficient (Wildman–Crippen LogP) is 2.03. The van der Waals surface area contributed by atoms with Crippen LogP contribution >= 0.6 is 0 Å². The topological polar surface area (TPSA) is 66.0 Å². The van der Waals surface area contributed by atoms with Crippen molar-refractivity contribution in [2.75, 3.05) is 7.11 Å². The van der Waals surface area contributed by atoms with Gasteiger partial charge in [-0.15, -0.1) is 5.10 Å². The molecule has 1 aromatic heterocycles. The summed E-state index contributed by atoms with van der Waals surface area (Å²) in [6.07, 6.45) is 0. The van der Waals surface area contributed by atoms with Crippen LogP contribution in [0.15, 0.2) is 24.3 Å². The van der Waals surface area contributed by atoms with E-state index in [2.05, 4.69) is 31.1 Å². The number of methoxy groups -OCH3 is 1. The molecule has 0 fully saturated rings. The molecule has 1 aromatic carbocycles. The van der Waals surface area contributed by atoms with E-state index in [0.717, 1.165) is 22.8 Å². The third-order valence-corrected chi connectivity index (χ3v) is 2.96. The Balaban J connectivity index is 2.52. The second-order valence-electron chi connectivity index (χ2n) is 5.45. The SMILES string of the molecule is COc1ccc(-n2nnc(CN)c2C(C)(C)C)cc1. The summed E-state index contributed by atoms with van der Waals surface area (Å²) in [4.78, 5) is 0. The van der Waals surface area contributed by atoms with Crippen molar-refractivity contribution in [3.63, 3.8) is 0 Å². The minimum Gasteiger partial charge on any atom is -0.497 e. The predicted molar refractivity (Wildman–Crippen MR) is 74.5 cm³/mol. The number of nitrogens with two attached hydrogens (primary N) is 1. The molecule has 102 valence electrons. The summed E-state index contributed by atoms with van der Waals surface area (Å²) in [5, 5.41) is 8.40. The molecule has 0 radical (unpaired) electrons. The molecule has 2 rings (SSSR count). The Hall–Kier alpha value is -1.88. The molecule has 0 atom stereocenters. The minimum absolute atomic E-state index is 0.0713. The fraction of sp³-hybridized carbons (Fsp3) is 0.429. The second kappa shape index (κ2) is 5.01. The van der Waals surface area contributed by atoms with E-state index in [4.69, 9.17) is 10.5 Å². The molecule has 0 saturated carbocycles. The maximum atomic E-state index is 5.75. The first-order valence-corrected chi connectivity index (χ1v) is 6.27. The van der Waals surface area contributed by atoms with Gasteiger partial charge < -0.3 is 10.5 Å². The van der Waals surface area contributed by atoms with Crippen LogP contribution in [0.4, 0.5) is 0 Å². The van der Waals surface area contributed by atoms with E-state index in [1.54, 1.807) is 7.11 Å². The Labute approximate surface area is 113 Å². The minimum atomic E-state index is -0.0713. The van der Waals surface area contributed by atoms with Crippen LogP contribution in [0.5, 0.6) is 5.75 Å². The third-order valence-electron chi connectivity index (χ3n) is 2.96. The molecule has 0 aliphatic carbocycles. The lowest BCUT2D eigenvalue weighted by molar-refractivity contribution is 0.414. The van der Waals surface area contributed by atoms with Crippen LogP contribution in [0, 0.1) is 0 Å². The molecular weight excluding hydrogens is 240 g/mol. The standard InChI is InChI=1S/C14H20N4O/c1-14(2,3)13-12(9-15)16-17-18(13)10-5-7-11(19-4)8-6-10/h5-8H,9,15H2,1-4H3. The van der Waals surface area contributed by atoms with Gasteiger partial charge in [0, 0.05) is 12.0 Å². The zero-order chi connectivity index (χ0) is 14.0. The first-order chi connectivity index (χ1) is 8.97. The number of ether oxygens (including phenoxy) is 1. The molecule has 1 heterocycles. The first kappa shape index (κ1) is 13.5. The van der Waals surface area contributed by atoms with Crippen LogP contribution in [-0.2, 0) is 12.0 Å². The van der Waals surface area contributed by atoms with Crippen LogP contribution in [-0.4, -0.2) is 22.1 Å². The average molecular weight is 260 g/mol. The van der Waals surface area contributed by atoms with E-state index in [1.165, 1.54) is 0 Å². The van der Waals surface area contributed by atoms with Crippen molar-refractivity contribution in [3.8, 4) is 11.4 Å². The lowest BCUT2D eigenvalue weighted by atomic mass is 9.90. The van der Waals surface area contributed by atoms with Crippen molar-refractivity contribution in [2.24, 2.45) is 5.73 Å². The monoisotopic (exact) mass is 260 g/mol. The Morgan fingerprint density at radius 1 is 1.21 bits per heavy atom. The number of aromatic nitrogens is 3. The number of hydrogen-bond donors (Lipinski definition) is 1. The van der Waals surface area contributed by atoms with Crippen molar-refractivity contribution < 1.29 is 4.74 Å². The van der Waals surface area contributed by atoms with Gasteiger partial charge in [0.25, 0.3) is 0 Å². The van der Waals surface area contributed by atoms with Gasteiger partial charge in [0.2, 0.25) is 0 Å². The van der Waals surface area contributed by atoms with Crippen LogP contribution in [0.3, 0.4) is 0 Å². The first-order valence-electron chi connectivity index (χ1n) is 6.27. The van der Waals surface area contributed by atoms with Gasteiger partial charge in [-0.3, -0.25) is 0 Å². The fourth-order valence-electron chi connectivity index (χ4n) is 2.11. The maximum Gasteiger partial charge on any atom is 0.119 e. The highest BCUT2D eigenvalue weighted by Gasteiger charge is 2.25. The molecule has 0 unspecified atom stereocenters. The van der Waals surface area contributed by atoms with E-state index < -0.39 is 0 Å². The summed E-state index contributed by atoms with van der Waals surface area (Å²) in [5.41, 5.74) is 8.51. The van der Waals surface area contributed by atoms with Gasteiger partial charge in [-0.1, -0.05) is 26.0 Å². The van der Waals surface area contributed by atoms with Crippen molar-refractivity contribution in [3.05, 3.63) is 35.7 Å². The molecule has 0 saturated heterocycles. The highest BCUT2D eigenvalue weighted by atomic mass is 16.5. The molecular formula is C14H20N4O. The number of hydrogen-bond acceptors (Lipinski definition) is 4. The van der Waals surface area contributed by atoms with E-state index >= 15 is 0 Å². The molecule has 2 aromatic rings. The zero-order valence-corrected chi connectivity index (χ0v) is 11.8. The zero-order valence-electron chi connectivity index (χ0n) is 11.8. The fourth-order valence-corrected chi connectivity index (χ4v) is 2.11. The third kappa shape index (κ3) is 2.61. The lowest BCUT2D eigenvalue weighted by Crippen LogP contribution is -2.20. The van der Waals surface area contributed by atoms with Crippen molar-refractivity contribution in [1.82, 2.24) is 15.0 Å². The molecule has 5 nitrogen and oxygen atoms in total. The van der Waals surface area contributed by atoms with Gasteiger partial charge in [-0.25, -0.2) is 4.68 Å². The molecule has 19 heavy (non-hydrogen) atoms. The Morgan fingerprint density at radius 2 is 1.84 bits per heavy atom. The largest absolute Gasteiger partial charge is 0.497 e. The quantitative estimate of drug-likeness (QED) is 0.917. The second-order valence-corrected chi connectivity index (χ2v) is 5.45. The van der Waals surface area contributed by atoms with Gasteiger partial charge in [0.15, 0.2) is 0 Å². The van der Waals surface area contributed by atoms with Crippen LogP contribution in [0.2, 0.25) is 0 Å². The van der Waals surface area contributed by atoms with Crippen molar-refractivity contribution in [2.45, 2.75) is 32.7 Å². The maximum absolute atomic E-state index is 5.75. The summed E-state index contributed by atoms with van der Waals surface area (Å²) in [5.74, 6) is 0.820. The summed E-state index contributed by atoms with van der Waals surface area (Å²) >= 11 is 0. The summed E-state index contributed by atoms with van der Waals surface area (Å²) in [6.45, 7) is 6.78. The van der Waals surface area contributed by atoms with E-state index in [-0.39, 0.29) is 5.41 Å². The van der Waals surface area contributed by atoms with Gasteiger partial charge in [-0.2, -0.15) is 0 Å². The van der Waals surface area contributed by atoms with Crippen LogP contribution < -0.4 is 10.5 Å². The molecule has 5 heteroatoms. The van der Waals surface area contributed by atoms with E-state index in [9.17, 15) is 0 Å². The molecule has 0 spiro atoms. The Morgan fingerprint density at radius 3 is 2.32 bits per heavy atom.